The molecule has 188 valence electrons. The molecule has 0 spiro atoms. The summed E-state index contributed by atoms with van der Waals surface area (Å²) in [6.07, 6.45) is 1.65. The van der Waals surface area contributed by atoms with Gasteiger partial charge in [-0.05, 0) is 12.3 Å². The third-order valence-electron chi connectivity index (χ3n) is 5.11. The fourth-order valence-electron chi connectivity index (χ4n) is 3.69. The van der Waals surface area contributed by atoms with E-state index in [1.54, 1.807) is 0 Å². The van der Waals surface area contributed by atoms with E-state index >= 15 is 0 Å². The molecule has 0 aliphatic carbocycles. The molecule has 2 N–H and O–H groups in total. The lowest BCUT2D eigenvalue weighted by atomic mass is 10.2. The fraction of sp³-hybridized carbons (Fsp3) is 0.565. The van der Waals surface area contributed by atoms with Gasteiger partial charge in [-0.15, -0.1) is 0 Å². The molecule has 1 aliphatic rings. The zero-order valence-electron chi connectivity index (χ0n) is 20.1. The number of unbranched alkanes of at least 4 members (excludes halogenated alkanes) is 4. The Morgan fingerprint density at radius 3 is 2.37 bits per heavy atom. The molecule has 3 heterocycles. The maximum Gasteiger partial charge on any atom is 0.305 e. The van der Waals surface area contributed by atoms with Crippen LogP contribution in [0, 0.1) is 11.8 Å². The van der Waals surface area contributed by atoms with Crippen LogP contribution >= 0.6 is 0 Å². The van der Waals surface area contributed by atoms with Crippen molar-refractivity contribution in [3.8, 4) is 11.8 Å². The lowest BCUT2D eigenvalue weighted by Gasteiger charge is -2.23. The third kappa shape index (κ3) is 6.45. The van der Waals surface area contributed by atoms with Crippen LogP contribution in [0.5, 0.6) is 0 Å². The first-order chi connectivity index (χ1) is 16.7. The summed E-state index contributed by atoms with van der Waals surface area (Å²) in [5.74, 6) is 4.27. The summed E-state index contributed by atoms with van der Waals surface area (Å²) < 4.78 is 23.2. The van der Waals surface area contributed by atoms with E-state index < -0.39 is 42.6 Å². The molecule has 12 heteroatoms. The number of nitrogens with zero attached hydrogens (tertiary/aromatic N) is 4. The van der Waals surface area contributed by atoms with Gasteiger partial charge in [0.1, 0.15) is 5.52 Å². The lowest BCUT2D eigenvalue weighted by molar-refractivity contribution is -0.198. The molecule has 1 fully saturated rings. The number of nitrogens with two attached hydrogens (primary N) is 1. The Labute approximate surface area is 202 Å². The molecular formula is C23H29N5O7. The molecule has 4 atom stereocenters. The normalized spacial score (nSPS) is 21.3. The highest BCUT2D eigenvalue weighted by molar-refractivity contribution is 5.82. The highest BCUT2D eigenvalue weighted by Crippen LogP contribution is 2.36. The van der Waals surface area contributed by atoms with Crippen molar-refractivity contribution in [3.63, 3.8) is 0 Å². The number of fused-ring (bicyclic) bond motifs is 1. The molecule has 12 nitrogen and oxygen atoms in total. The molecular weight excluding hydrogens is 458 g/mol. The van der Waals surface area contributed by atoms with Crippen molar-refractivity contribution in [1.82, 2.24) is 19.5 Å². The summed E-state index contributed by atoms with van der Waals surface area (Å²) in [4.78, 5) is 48.1. The van der Waals surface area contributed by atoms with Crippen LogP contribution in [0.3, 0.4) is 0 Å². The predicted octanol–water partition coefficient (Wildman–Crippen LogP) is 2.01. The van der Waals surface area contributed by atoms with Crippen molar-refractivity contribution in [2.24, 2.45) is 0 Å². The monoisotopic (exact) mass is 487 g/mol. The number of anilines is 1. The van der Waals surface area contributed by atoms with Crippen LogP contribution in [0.2, 0.25) is 0 Å². The molecule has 0 aromatic carbocycles. The Kier molecular flexibility index (Phi) is 8.59. The zero-order chi connectivity index (χ0) is 25.5. The molecule has 2 aromatic heterocycles. The van der Waals surface area contributed by atoms with Crippen LogP contribution in [-0.2, 0) is 33.3 Å². The molecule has 0 amide bonds. The molecule has 3 rings (SSSR count). The van der Waals surface area contributed by atoms with E-state index in [1.807, 2.05) is 0 Å². The third-order valence-corrected chi connectivity index (χ3v) is 5.11. The molecule has 1 saturated heterocycles. The quantitative estimate of drug-likeness (QED) is 0.251. The second-order valence-electron chi connectivity index (χ2n) is 8.02. The van der Waals surface area contributed by atoms with Gasteiger partial charge in [-0.3, -0.25) is 19.0 Å². The van der Waals surface area contributed by atoms with Crippen molar-refractivity contribution < 1.29 is 33.3 Å². The minimum atomic E-state index is -1.33. The van der Waals surface area contributed by atoms with Crippen LogP contribution in [0.1, 0.15) is 71.9 Å². The maximum atomic E-state index is 11.8. The lowest BCUT2D eigenvalue weighted by Crippen LogP contribution is -2.40. The summed E-state index contributed by atoms with van der Waals surface area (Å²) in [6.45, 7) is 5.69. The van der Waals surface area contributed by atoms with E-state index in [2.05, 4.69) is 33.7 Å². The molecule has 0 radical (unpaired) electrons. The molecule has 35 heavy (non-hydrogen) atoms. The summed E-state index contributed by atoms with van der Waals surface area (Å²) in [5, 5.41) is 0. The van der Waals surface area contributed by atoms with E-state index in [0.717, 1.165) is 25.7 Å². The first kappa shape index (κ1) is 25.9. The summed E-state index contributed by atoms with van der Waals surface area (Å²) in [7, 11) is 0. The van der Waals surface area contributed by atoms with E-state index in [0.29, 0.717) is 6.42 Å². The summed E-state index contributed by atoms with van der Waals surface area (Å²) in [5.41, 5.74) is 6.63. The number of hydrogen-bond donors (Lipinski definition) is 1. The van der Waals surface area contributed by atoms with Crippen molar-refractivity contribution in [2.45, 2.75) is 84.5 Å². The molecule has 1 aliphatic heterocycles. The number of aromatic nitrogens is 4. The number of nitrogen functional groups attached to an aromatic ring is 1. The van der Waals surface area contributed by atoms with Gasteiger partial charge in [0.25, 0.3) is 0 Å². The Balaban J connectivity index is 1.97. The van der Waals surface area contributed by atoms with E-state index in [-0.39, 0.29) is 22.8 Å². The predicted molar refractivity (Wildman–Crippen MR) is 122 cm³/mol. The second-order valence-corrected chi connectivity index (χ2v) is 8.02. The SMILES string of the molecule is CCCCCCC#Cc1nc(N)c2ncn([C@@H]3O[C@H](OC(C)=O)[C@@H](OC(C)=O)[C@H]3OC(C)=O)c2n1. The molecule has 2 aromatic rings. The van der Waals surface area contributed by atoms with Crippen molar-refractivity contribution >= 4 is 34.9 Å². The van der Waals surface area contributed by atoms with Gasteiger partial charge in [0, 0.05) is 27.2 Å². The second kappa shape index (κ2) is 11.6. The Bertz CT molecular complexity index is 1150. The largest absolute Gasteiger partial charge is 0.453 e. The van der Waals surface area contributed by atoms with Crippen LogP contribution in [0.15, 0.2) is 6.33 Å². The first-order valence-electron chi connectivity index (χ1n) is 11.4. The minimum absolute atomic E-state index is 0.110. The first-order valence-corrected chi connectivity index (χ1v) is 11.4. The zero-order valence-corrected chi connectivity index (χ0v) is 20.1. The number of carbonyl (C=O) groups is 3. The van der Waals surface area contributed by atoms with Crippen molar-refractivity contribution in [2.75, 3.05) is 5.73 Å². The van der Waals surface area contributed by atoms with Gasteiger partial charge in [-0.25, -0.2) is 15.0 Å². The number of esters is 3. The van der Waals surface area contributed by atoms with E-state index in [4.69, 9.17) is 24.7 Å². The van der Waals surface area contributed by atoms with Crippen LogP contribution in [0.4, 0.5) is 5.82 Å². The van der Waals surface area contributed by atoms with Gasteiger partial charge in [0.2, 0.25) is 18.2 Å². The maximum absolute atomic E-state index is 11.8. The highest BCUT2D eigenvalue weighted by Gasteiger charge is 2.52. The Morgan fingerprint density at radius 2 is 1.71 bits per heavy atom. The number of ether oxygens (including phenoxy) is 4. The van der Waals surface area contributed by atoms with E-state index in [9.17, 15) is 14.4 Å². The standard InChI is InChI=1S/C23H29N5O7/c1-5-6-7-8-9-10-11-16-26-20(24)17-21(27-16)28(12-25-17)22-18(32-13(2)29)19(33-14(3)30)23(35-22)34-15(4)31/h12,18-19,22-23H,5-9H2,1-4H3,(H2,24,26,27)/t18-,19+,22-,23+/m1/s1. The average Bonchev–Trinajstić information content (AvgIpc) is 3.32. The van der Waals surface area contributed by atoms with Crippen molar-refractivity contribution in [3.05, 3.63) is 12.2 Å². The van der Waals surface area contributed by atoms with Crippen LogP contribution in [0.25, 0.3) is 11.2 Å². The average molecular weight is 488 g/mol. The summed E-state index contributed by atoms with van der Waals surface area (Å²) >= 11 is 0. The smallest absolute Gasteiger partial charge is 0.305 e. The minimum Gasteiger partial charge on any atom is -0.453 e. The fourth-order valence-corrected chi connectivity index (χ4v) is 3.69. The number of carbonyl (C=O) groups excluding carboxylic acids is 3. The van der Waals surface area contributed by atoms with Crippen LogP contribution < -0.4 is 5.73 Å². The molecule has 0 bridgehead atoms. The van der Waals surface area contributed by atoms with Gasteiger partial charge >= 0.3 is 17.9 Å². The van der Waals surface area contributed by atoms with Gasteiger partial charge in [-0.1, -0.05) is 32.1 Å². The Morgan fingerprint density at radius 1 is 1.03 bits per heavy atom. The number of imidazole rings is 1. The van der Waals surface area contributed by atoms with Gasteiger partial charge in [-0.2, -0.15) is 0 Å². The van der Waals surface area contributed by atoms with Crippen LogP contribution in [-0.4, -0.2) is 55.9 Å². The van der Waals surface area contributed by atoms with Crippen molar-refractivity contribution in [1.29, 1.82) is 0 Å². The Hall–Kier alpha value is -3.72. The highest BCUT2D eigenvalue weighted by atomic mass is 16.8. The topological polar surface area (TPSA) is 158 Å². The molecule has 0 saturated carbocycles. The van der Waals surface area contributed by atoms with Gasteiger partial charge < -0.3 is 24.7 Å². The molecule has 0 unspecified atom stereocenters. The summed E-state index contributed by atoms with van der Waals surface area (Å²) in [6, 6.07) is 0. The van der Waals surface area contributed by atoms with Gasteiger partial charge in [0.15, 0.2) is 23.8 Å². The number of hydrogen-bond acceptors (Lipinski definition) is 11. The van der Waals surface area contributed by atoms with E-state index in [1.165, 1.54) is 31.7 Å². The number of rotatable bonds is 8. The van der Waals surface area contributed by atoms with Gasteiger partial charge in [0.05, 0.1) is 6.33 Å².